The van der Waals surface area contributed by atoms with Gasteiger partial charge >= 0.3 is 17.9 Å². The number of pyridine rings is 3. The Morgan fingerprint density at radius 2 is 0.571 bits per heavy atom. The number of benzene rings is 3. The molecule has 6 N–H and O–H groups in total. The number of carboxylic acids is 3. The molecular weight excluding hydrogens is 1040 g/mol. The number of rotatable bonds is 15. The number of carbonyl (C=O) groups excluding carboxylic acids is 3. The van der Waals surface area contributed by atoms with E-state index in [1.807, 2.05) is 130 Å². The van der Waals surface area contributed by atoms with Gasteiger partial charge in [0.25, 0.3) is 17.7 Å². The first kappa shape index (κ1) is 56.9. The molecule has 0 fully saturated rings. The number of carboxylic acid groups (broad SMARTS) is 3. The molecule has 0 unspecified atom stereocenters. The largest absolute Gasteiger partial charge is 0.477 e. The van der Waals surface area contributed by atoms with E-state index in [1.165, 1.54) is 18.2 Å². The number of aromatic carboxylic acids is 3. The second-order valence-electron chi connectivity index (χ2n) is 15.7. The molecule has 369 valence electrons. The van der Waals surface area contributed by atoms with Gasteiger partial charge in [0.2, 0.25) is 0 Å². The van der Waals surface area contributed by atoms with Gasteiger partial charge in [0, 0.05) is 118 Å². The Morgan fingerprint density at radius 1 is 0.371 bits per heavy atom. The van der Waals surface area contributed by atoms with Crippen molar-refractivity contribution in [2.24, 2.45) is 0 Å². The molecule has 3 aromatic heterocycles. The van der Waals surface area contributed by atoms with Crippen molar-refractivity contribution in [2.75, 3.05) is 76.6 Å². The Kier molecular flexibility index (Phi) is 21.9. The summed E-state index contributed by atoms with van der Waals surface area (Å²) in [6, 6.07) is 32.1. The summed E-state index contributed by atoms with van der Waals surface area (Å²) < 4.78 is 0. The number of amides is 3. The summed E-state index contributed by atoms with van der Waals surface area (Å²) in [4.78, 5) is 87.3. The fourth-order valence-electron chi connectivity index (χ4n) is 6.38. The predicted octanol–water partition coefficient (Wildman–Crippen LogP) is 6.79. The molecule has 0 spiro atoms. The SMILES string of the molecule is CCNC(=O)c1cc(-c2ccc(N(C)C)cc2)cc(C(=O)O)n1.CCNC(=O)c1cc(-c2ccc(N(C)C)cc2)cc(C(=O)O)n1.CCNC(=O)c1cc(-c2ccc(N(C)C)cc2)cc(C(=O)O)n1.[Tb]. The van der Waals surface area contributed by atoms with Gasteiger partial charge in [0.15, 0.2) is 0 Å². The van der Waals surface area contributed by atoms with Crippen molar-refractivity contribution in [3.63, 3.8) is 0 Å². The van der Waals surface area contributed by atoms with Crippen LogP contribution in [0, 0.1) is 38.6 Å². The number of aromatic nitrogens is 3. The predicted molar refractivity (Wildman–Crippen MR) is 267 cm³/mol. The standard InChI is InChI=1S/3C17H19N3O3.Tb/c3*1-4-18-16(21)14-9-12(10-15(19-14)17(22)23)11-5-7-13(8-6-11)20(2)3;/h3*5-10H,4H2,1-3H3,(H,18,21)(H,22,23);. The van der Waals surface area contributed by atoms with Crippen molar-refractivity contribution >= 4 is 52.7 Å². The summed E-state index contributed by atoms with van der Waals surface area (Å²) in [5, 5.41) is 35.5. The molecule has 3 amide bonds. The first-order chi connectivity index (χ1) is 32.8. The maximum atomic E-state index is 12.0. The van der Waals surface area contributed by atoms with E-state index in [9.17, 15) is 44.1 Å². The maximum Gasteiger partial charge on any atom is 0.354 e. The van der Waals surface area contributed by atoms with E-state index in [2.05, 4.69) is 30.9 Å². The summed E-state index contributed by atoms with van der Waals surface area (Å²) in [5.74, 6) is -4.66. The van der Waals surface area contributed by atoms with Crippen LogP contribution in [0.2, 0.25) is 0 Å². The third-order valence-corrected chi connectivity index (χ3v) is 9.99. The van der Waals surface area contributed by atoms with Crippen molar-refractivity contribution in [1.29, 1.82) is 0 Å². The minimum Gasteiger partial charge on any atom is -0.477 e. The Balaban J connectivity index is 0.000000276. The van der Waals surface area contributed by atoms with Crippen LogP contribution in [0.1, 0.15) is 83.7 Å². The number of hydrogen-bond acceptors (Lipinski definition) is 12. The van der Waals surface area contributed by atoms with Crippen LogP contribution in [-0.2, 0) is 0 Å². The molecular formula is C51H57N9O9Tb. The van der Waals surface area contributed by atoms with Crippen LogP contribution in [0.25, 0.3) is 33.4 Å². The van der Waals surface area contributed by atoms with Crippen molar-refractivity contribution in [3.05, 3.63) is 143 Å². The zero-order chi connectivity index (χ0) is 50.9. The van der Waals surface area contributed by atoms with Crippen LogP contribution in [-0.4, -0.2) is 128 Å². The van der Waals surface area contributed by atoms with Gasteiger partial charge in [-0.25, -0.2) is 29.3 Å². The smallest absolute Gasteiger partial charge is 0.354 e. The summed E-state index contributed by atoms with van der Waals surface area (Å²) in [7, 11) is 11.6. The van der Waals surface area contributed by atoms with Gasteiger partial charge in [-0.1, -0.05) is 36.4 Å². The second-order valence-corrected chi connectivity index (χ2v) is 15.7. The van der Waals surface area contributed by atoms with E-state index in [1.54, 1.807) is 39.0 Å². The summed E-state index contributed by atoms with van der Waals surface area (Å²) >= 11 is 0. The van der Waals surface area contributed by atoms with Crippen LogP contribution >= 0.6 is 0 Å². The minimum atomic E-state index is -1.16. The van der Waals surface area contributed by atoms with E-state index in [4.69, 9.17) is 0 Å². The van der Waals surface area contributed by atoms with Gasteiger partial charge < -0.3 is 46.0 Å². The molecule has 0 aliphatic carbocycles. The number of nitrogens with zero attached hydrogens (tertiary/aromatic N) is 6. The van der Waals surface area contributed by atoms with E-state index < -0.39 is 17.9 Å². The van der Waals surface area contributed by atoms with E-state index in [0.717, 1.165) is 33.8 Å². The molecule has 0 bridgehead atoms. The molecule has 0 atom stereocenters. The maximum absolute atomic E-state index is 12.0. The third kappa shape index (κ3) is 16.1. The van der Waals surface area contributed by atoms with Crippen LogP contribution in [0.5, 0.6) is 0 Å². The summed E-state index contributed by atoms with van der Waals surface area (Å²) in [6.07, 6.45) is 0. The van der Waals surface area contributed by atoms with E-state index in [0.29, 0.717) is 36.3 Å². The summed E-state index contributed by atoms with van der Waals surface area (Å²) in [5.41, 5.74) is 7.33. The van der Waals surface area contributed by atoms with Crippen molar-refractivity contribution in [3.8, 4) is 33.4 Å². The molecule has 0 aliphatic heterocycles. The fourth-order valence-corrected chi connectivity index (χ4v) is 6.38. The first-order valence-corrected chi connectivity index (χ1v) is 21.7. The molecule has 1 radical (unpaired) electrons. The normalized spacial score (nSPS) is 10.1. The van der Waals surface area contributed by atoms with Crippen LogP contribution < -0.4 is 30.7 Å². The quantitative estimate of drug-likeness (QED) is 0.0620. The molecule has 70 heavy (non-hydrogen) atoms. The number of anilines is 3. The molecule has 3 heterocycles. The van der Waals surface area contributed by atoms with Gasteiger partial charge in [-0.3, -0.25) is 14.4 Å². The Bertz CT molecular complexity index is 2480. The molecule has 19 heteroatoms. The van der Waals surface area contributed by atoms with Crippen LogP contribution in [0.3, 0.4) is 0 Å². The Labute approximate surface area is 437 Å². The zero-order valence-electron chi connectivity index (χ0n) is 40.3. The molecule has 6 aromatic rings. The number of nitrogens with one attached hydrogen (secondary N) is 3. The van der Waals surface area contributed by atoms with Crippen molar-refractivity contribution < 1.29 is 82.7 Å². The summed E-state index contributed by atoms with van der Waals surface area (Å²) in [6.45, 7) is 6.72. The minimum absolute atomic E-state index is 0. The van der Waals surface area contributed by atoms with Gasteiger partial charge in [0.05, 0.1) is 0 Å². The fraction of sp³-hybridized carbons (Fsp3) is 0.235. The first-order valence-electron chi connectivity index (χ1n) is 21.7. The molecule has 0 saturated carbocycles. The topological polar surface area (TPSA) is 248 Å². The van der Waals surface area contributed by atoms with Crippen molar-refractivity contribution in [1.82, 2.24) is 30.9 Å². The monoisotopic (exact) mass is 1100 g/mol. The number of hydrogen-bond donors (Lipinski definition) is 6. The van der Waals surface area contributed by atoms with Gasteiger partial charge in [-0.15, -0.1) is 0 Å². The average Bonchev–Trinajstić information content (AvgIpc) is 3.34. The molecule has 0 saturated heterocycles. The Morgan fingerprint density at radius 3 is 0.743 bits per heavy atom. The van der Waals surface area contributed by atoms with Gasteiger partial charge in [-0.2, -0.15) is 0 Å². The zero-order valence-corrected chi connectivity index (χ0v) is 42.5. The third-order valence-electron chi connectivity index (χ3n) is 9.99. The molecule has 6 rings (SSSR count). The molecule has 18 nitrogen and oxygen atoms in total. The van der Waals surface area contributed by atoms with E-state index in [-0.39, 0.29) is 90.5 Å². The molecule has 0 aliphatic rings. The second kappa shape index (κ2) is 27.0. The van der Waals surface area contributed by atoms with Crippen LogP contribution in [0.15, 0.2) is 109 Å². The van der Waals surface area contributed by atoms with Crippen LogP contribution in [0.4, 0.5) is 17.1 Å². The van der Waals surface area contributed by atoms with Gasteiger partial charge in [0.1, 0.15) is 34.2 Å². The average molecular weight is 1100 g/mol. The van der Waals surface area contributed by atoms with E-state index >= 15 is 0 Å². The Hall–Kier alpha value is -7.38. The van der Waals surface area contributed by atoms with Crippen molar-refractivity contribution in [2.45, 2.75) is 20.8 Å². The molecule has 3 aromatic carbocycles. The van der Waals surface area contributed by atoms with Gasteiger partial charge in [-0.05, 0) is 127 Å². The number of carbonyl (C=O) groups is 6.